The van der Waals surface area contributed by atoms with Crippen LogP contribution in [0.3, 0.4) is 0 Å². The number of carboxylic acids is 1. The van der Waals surface area contributed by atoms with Crippen molar-refractivity contribution < 1.29 is 19.4 Å². The molecule has 0 saturated carbocycles. The number of hydrogen-bond acceptors (Lipinski definition) is 4. The Kier molecular flexibility index (Phi) is 6.35. The summed E-state index contributed by atoms with van der Waals surface area (Å²) in [5.74, 6) is 0.554. The van der Waals surface area contributed by atoms with E-state index in [0.29, 0.717) is 19.4 Å². The molecule has 1 atom stereocenters. The van der Waals surface area contributed by atoms with Crippen LogP contribution < -0.4 is 9.47 Å². The third-order valence-electron chi connectivity index (χ3n) is 5.33. The molecule has 0 aliphatic carbocycles. The fourth-order valence-electron chi connectivity index (χ4n) is 3.54. The van der Waals surface area contributed by atoms with Gasteiger partial charge in [0.25, 0.3) is 0 Å². The first-order valence-electron chi connectivity index (χ1n) is 9.40. The topological polar surface area (TPSA) is 59.0 Å². The predicted octanol–water partition coefficient (Wildman–Crippen LogP) is 4.13. The lowest BCUT2D eigenvalue weighted by atomic mass is 9.95. The summed E-state index contributed by atoms with van der Waals surface area (Å²) in [6.45, 7) is 4.24. The minimum atomic E-state index is -0.677. The zero-order chi connectivity index (χ0) is 19.2. The van der Waals surface area contributed by atoms with Gasteiger partial charge in [-0.2, -0.15) is 0 Å². The van der Waals surface area contributed by atoms with Crippen LogP contribution in [0, 0.1) is 5.92 Å². The quantitative estimate of drug-likeness (QED) is 0.795. The normalized spacial score (nSPS) is 16.7. The van der Waals surface area contributed by atoms with Gasteiger partial charge >= 0.3 is 5.97 Å². The van der Waals surface area contributed by atoms with Crippen LogP contribution in [0.1, 0.15) is 36.9 Å². The van der Waals surface area contributed by atoms with E-state index in [1.165, 1.54) is 0 Å². The highest BCUT2D eigenvalue weighted by Crippen LogP contribution is 2.34. The first-order chi connectivity index (χ1) is 13.1. The lowest BCUT2D eigenvalue weighted by Gasteiger charge is -2.35. The van der Waals surface area contributed by atoms with E-state index in [9.17, 15) is 4.79 Å². The van der Waals surface area contributed by atoms with E-state index in [2.05, 4.69) is 17.9 Å². The van der Waals surface area contributed by atoms with Crippen LogP contribution in [0.2, 0.25) is 0 Å². The zero-order valence-electron chi connectivity index (χ0n) is 15.9. The molecule has 0 amide bonds. The van der Waals surface area contributed by atoms with Gasteiger partial charge in [0.15, 0.2) is 11.5 Å². The van der Waals surface area contributed by atoms with Crippen LogP contribution in [-0.2, 0) is 11.4 Å². The molecular formula is C22H27NO4. The van der Waals surface area contributed by atoms with Crippen molar-refractivity contribution in [3.63, 3.8) is 0 Å². The second-order valence-electron chi connectivity index (χ2n) is 7.01. The molecule has 1 aliphatic heterocycles. The molecule has 27 heavy (non-hydrogen) atoms. The molecule has 1 N–H and O–H groups in total. The van der Waals surface area contributed by atoms with Crippen molar-refractivity contribution in [2.24, 2.45) is 5.92 Å². The fourth-order valence-corrected chi connectivity index (χ4v) is 3.54. The Balaban J connectivity index is 1.65. The highest BCUT2D eigenvalue weighted by atomic mass is 16.5. The van der Waals surface area contributed by atoms with Crippen molar-refractivity contribution in [3.05, 3.63) is 59.7 Å². The molecule has 0 radical (unpaired) electrons. The molecule has 1 unspecified atom stereocenters. The van der Waals surface area contributed by atoms with E-state index in [1.807, 2.05) is 42.5 Å². The van der Waals surface area contributed by atoms with Gasteiger partial charge in [-0.15, -0.1) is 0 Å². The van der Waals surface area contributed by atoms with E-state index in [-0.39, 0.29) is 12.0 Å². The monoisotopic (exact) mass is 369 g/mol. The summed E-state index contributed by atoms with van der Waals surface area (Å²) in [6, 6.07) is 16.3. The molecular weight excluding hydrogens is 342 g/mol. The molecule has 0 aromatic heterocycles. The fraction of sp³-hybridized carbons (Fsp3) is 0.409. The van der Waals surface area contributed by atoms with Gasteiger partial charge in [-0.3, -0.25) is 9.69 Å². The first kappa shape index (κ1) is 19.2. The van der Waals surface area contributed by atoms with E-state index >= 15 is 0 Å². The number of likely N-dealkylation sites (tertiary alicyclic amines) is 1. The van der Waals surface area contributed by atoms with Gasteiger partial charge in [-0.05, 0) is 56.1 Å². The van der Waals surface area contributed by atoms with Gasteiger partial charge in [-0.1, -0.05) is 36.4 Å². The number of rotatable bonds is 7. The SMILES string of the molecule is COc1cc(C(C)N2CCC(C(=O)O)CC2)ccc1OCc1ccccc1. The standard InChI is InChI=1S/C22H27NO4/c1-16(23-12-10-18(11-13-23)22(24)25)19-8-9-20(21(14-19)26-2)27-15-17-6-4-3-5-7-17/h3-9,14,16,18H,10-13,15H2,1-2H3,(H,24,25). The Hall–Kier alpha value is -2.53. The van der Waals surface area contributed by atoms with Crippen LogP contribution in [0.15, 0.2) is 48.5 Å². The third-order valence-corrected chi connectivity index (χ3v) is 5.33. The van der Waals surface area contributed by atoms with Crippen molar-refractivity contribution in [2.45, 2.75) is 32.4 Å². The van der Waals surface area contributed by atoms with Crippen molar-refractivity contribution in [3.8, 4) is 11.5 Å². The number of hydrogen-bond donors (Lipinski definition) is 1. The van der Waals surface area contributed by atoms with E-state index in [4.69, 9.17) is 14.6 Å². The number of benzene rings is 2. The first-order valence-corrected chi connectivity index (χ1v) is 9.40. The Morgan fingerprint density at radius 3 is 2.48 bits per heavy atom. The molecule has 5 nitrogen and oxygen atoms in total. The number of methoxy groups -OCH3 is 1. The predicted molar refractivity (Wildman–Crippen MR) is 104 cm³/mol. The summed E-state index contributed by atoms with van der Waals surface area (Å²) < 4.78 is 11.5. The number of carboxylic acid groups (broad SMARTS) is 1. The van der Waals surface area contributed by atoms with E-state index < -0.39 is 5.97 Å². The molecule has 0 spiro atoms. The zero-order valence-corrected chi connectivity index (χ0v) is 15.9. The summed E-state index contributed by atoms with van der Waals surface area (Å²) in [5.41, 5.74) is 2.26. The second-order valence-corrected chi connectivity index (χ2v) is 7.01. The van der Waals surface area contributed by atoms with E-state index in [0.717, 1.165) is 35.7 Å². The Morgan fingerprint density at radius 2 is 1.85 bits per heavy atom. The van der Waals surface area contributed by atoms with Crippen LogP contribution >= 0.6 is 0 Å². The summed E-state index contributed by atoms with van der Waals surface area (Å²) in [6.07, 6.45) is 1.41. The van der Waals surface area contributed by atoms with Crippen LogP contribution in [0.25, 0.3) is 0 Å². The van der Waals surface area contributed by atoms with Gasteiger partial charge in [0.2, 0.25) is 0 Å². The summed E-state index contributed by atoms with van der Waals surface area (Å²) in [7, 11) is 1.65. The molecule has 1 saturated heterocycles. The number of nitrogens with zero attached hydrogens (tertiary/aromatic N) is 1. The molecule has 144 valence electrons. The van der Waals surface area contributed by atoms with Crippen molar-refractivity contribution in [1.82, 2.24) is 4.90 Å². The maximum atomic E-state index is 11.1. The molecule has 2 aromatic rings. The molecule has 0 bridgehead atoms. The van der Waals surface area contributed by atoms with Gasteiger partial charge in [0.1, 0.15) is 6.61 Å². The third kappa shape index (κ3) is 4.80. The number of ether oxygens (including phenoxy) is 2. The lowest BCUT2D eigenvalue weighted by Crippen LogP contribution is -2.37. The maximum Gasteiger partial charge on any atom is 0.306 e. The van der Waals surface area contributed by atoms with Crippen LogP contribution in [0.5, 0.6) is 11.5 Å². The smallest absolute Gasteiger partial charge is 0.306 e. The van der Waals surface area contributed by atoms with Gasteiger partial charge in [-0.25, -0.2) is 0 Å². The van der Waals surface area contributed by atoms with Crippen molar-refractivity contribution in [2.75, 3.05) is 20.2 Å². The Labute approximate surface area is 160 Å². The summed E-state index contributed by atoms with van der Waals surface area (Å²) in [5, 5.41) is 9.16. The molecule has 2 aromatic carbocycles. The lowest BCUT2D eigenvalue weighted by molar-refractivity contribution is -0.143. The Bertz CT molecular complexity index is 754. The van der Waals surface area contributed by atoms with Crippen molar-refractivity contribution in [1.29, 1.82) is 0 Å². The largest absolute Gasteiger partial charge is 0.493 e. The summed E-state index contributed by atoms with van der Waals surface area (Å²) in [4.78, 5) is 13.5. The highest BCUT2D eigenvalue weighted by Gasteiger charge is 2.27. The van der Waals surface area contributed by atoms with Crippen LogP contribution in [-0.4, -0.2) is 36.2 Å². The van der Waals surface area contributed by atoms with Crippen LogP contribution in [0.4, 0.5) is 0 Å². The minimum Gasteiger partial charge on any atom is -0.493 e. The second kappa shape index (κ2) is 8.91. The molecule has 1 heterocycles. The van der Waals surface area contributed by atoms with E-state index in [1.54, 1.807) is 7.11 Å². The number of aliphatic carboxylic acids is 1. The molecule has 1 aliphatic rings. The molecule has 3 rings (SSSR count). The van der Waals surface area contributed by atoms with Gasteiger partial charge in [0.05, 0.1) is 13.0 Å². The molecule has 5 heteroatoms. The van der Waals surface area contributed by atoms with Crippen molar-refractivity contribution >= 4 is 5.97 Å². The van der Waals surface area contributed by atoms with Gasteiger partial charge < -0.3 is 14.6 Å². The number of carbonyl (C=O) groups is 1. The number of piperidine rings is 1. The average Bonchev–Trinajstić information content (AvgIpc) is 2.72. The average molecular weight is 369 g/mol. The molecule has 1 fully saturated rings. The highest BCUT2D eigenvalue weighted by molar-refractivity contribution is 5.70. The maximum absolute atomic E-state index is 11.1. The summed E-state index contributed by atoms with van der Waals surface area (Å²) >= 11 is 0. The minimum absolute atomic E-state index is 0.205. The van der Waals surface area contributed by atoms with Gasteiger partial charge in [0, 0.05) is 6.04 Å². The Morgan fingerprint density at radius 1 is 1.15 bits per heavy atom.